The number of ether oxygens (including phenoxy) is 1. The van der Waals surface area contributed by atoms with E-state index in [-0.39, 0.29) is 28.1 Å². The summed E-state index contributed by atoms with van der Waals surface area (Å²) in [5.41, 5.74) is 5.14. The summed E-state index contributed by atoms with van der Waals surface area (Å²) in [4.78, 5) is 26.6. The van der Waals surface area contributed by atoms with Crippen LogP contribution in [0.15, 0.2) is 54.9 Å². The molecular weight excluding hydrogens is 397 g/mol. The summed E-state index contributed by atoms with van der Waals surface area (Å²) < 4.78 is 18.2. The van der Waals surface area contributed by atoms with Crippen molar-refractivity contribution in [3.63, 3.8) is 0 Å². The van der Waals surface area contributed by atoms with Crippen LogP contribution in [0.1, 0.15) is 0 Å². The van der Waals surface area contributed by atoms with Crippen LogP contribution < -0.4 is 10.5 Å². The molecule has 0 aliphatic rings. The first-order valence-corrected chi connectivity index (χ1v) is 7.73. The lowest BCUT2D eigenvalue weighted by Crippen LogP contribution is -1.94. The highest BCUT2D eigenvalue weighted by molar-refractivity contribution is 6.29. The Labute approximate surface area is 161 Å². The number of anilines is 1. The average Bonchev–Trinajstić information content (AvgIpc) is 2.66. The van der Waals surface area contributed by atoms with Crippen molar-refractivity contribution < 1.29 is 19.0 Å². The molecule has 0 saturated carbocycles. The molecule has 0 unspecified atom stereocenters. The number of pyridine rings is 2. The van der Waals surface area contributed by atoms with Gasteiger partial charge >= 0.3 is 0 Å². The minimum atomic E-state index is -0.563. The van der Waals surface area contributed by atoms with Gasteiger partial charge in [0.05, 0.1) is 15.5 Å². The number of hydrogen-bond donors (Lipinski definition) is 1. The van der Waals surface area contributed by atoms with E-state index in [9.17, 15) is 24.6 Å². The molecule has 144 valence electrons. The summed E-state index contributed by atoms with van der Waals surface area (Å²) in [5, 5.41) is 20.7. The standard InChI is InChI=1S/C11H8FN3O3.C5H3ClN2O2/c12-9-3-2-8(5-10(9)13)18-11-4-1-7(6-14-11)15(16)17;6-5-2-1-4(3-7-5)8(9)10/h1-6H,13H2;1-3H. The Morgan fingerprint density at radius 2 is 1.57 bits per heavy atom. The predicted octanol–water partition coefficient (Wildman–Crippen LogP) is 4.15. The molecule has 0 spiro atoms. The molecule has 3 rings (SSSR count). The van der Waals surface area contributed by atoms with Crippen molar-refractivity contribution >= 4 is 28.7 Å². The van der Waals surface area contributed by atoms with Gasteiger partial charge in [0.2, 0.25) is 5.88 Å². The molecule has 0 amide bonds. The van der Waals surface area contributed by atoms with Gasteiger partial charge in [0.1, 0.15) is 29.1 Å². The quantitative estimate of drug-likeness (QED) is 0.293. The number of nitrogens with zero attached hydrogens (tertiary/aromatic N) is 4. The molecule has 0 fully saturated rings. The first-order valence-electron chi connectivity index (χ1n) is 7.35. The lowest BCUT2D eigenvalue weighted by molar-refractivity contribution is -0.385. The van der Waals surface area contributed by atoms with Crippen molar-refractivity contribution in [2.45, 2.75) is 0 Å². The molecule has 2 heterocycles. The average molecular weight is 408 g/mol. The number of nitro groups is 2. The van der Waals surface area contributed by atoms with Crippen molar-refractivity contribution in [2.24, 2.45) is 0 Å². The summed E-state index contributed by atoms with van der Waals surface area (Å²) in [6, 6.07) is 9.13. The minimum Gasteiger partial charge on any atom is -0.439 e. The monoisotopic (exact) mass is 407 g/mol. The van der Waals surface area contributed by atoms with Crippen LogP contribution in [-0.2, 0) is 0 Å². The van der Waals surface area contributed by atoms with Gasteiger partial charge in [-0.15, -0.1) is 0 Å². The molecule has 28 heavy (non-hydrogen) atoms. The molecular formula is C16H11ClFN5O5. The van der Waals surface area contributed by atoms with Crippen LogP contribution in [0.25, 0.3) is 0 Å². The first kappa shape index (κ1) is 20.5. The molecule has 0 atom stereocenters. The summed E-state index contributed by atoms with van der Waals surface area (Å²) in [6.45, 7) is 0. The van der Waals surface area contributed by atoms with Gasteiger partial charge in [-0.2, -0.15) is 0 Å². The van der Waals surface area contributed by atoms with E-state index in [1.165, 1.54) is 36.4 Å². The fourth-order valence-electron chi connectivity index (χ4n) is 1.72. The second kappa shape index (κ2) is 9.19. The van der Waals surface area contributed by atoms with E-state index in [1.807, 2.05) is 0 Å². The van der Waals surface area contributed by atoms with Crippen LogP contribution in [0.5, 0.6) is 11.6 Å². The largest absolute Gasteiger partial charge is 0.439 e. The van der Waals surface area contributed by atoms with Crippen LogP contribution in [0.3, 0.4) is 0 Å². The van der Waals surface area contributed by atoms with Crippen LogP contribution in [0.2, 0.25) is 5.15 Å². The summed E-state index contributed by atoms with van der Waals surface area (Å²) in [7, 11) is 0. The fraction of sp³-hybridized carbons (Fsp3) is 0. The van der Waals surface area contributed by atoms with Gasteiger partial charge in [0, 0.05) is 24.3 Å². The Balaban J connectivity index is 0.000000237. The van der Waals surface area contributed by atoms with Crippen LogP contribution in [-0.4, -0.2) is 19.8 Å². The van der Waals surface area contributed by atoms with Gasteiger partial charge in [0.15, 0.2) is 0 Å². The second-order valence-corrected chi connectivity index (χ2v) is 5.38. The molecule has 0 aliphatic carbocycles. The van der Waals surface area contributed by atoms with E-state index in [4.69, 9.17) is 22.1 Å². The van der Waals surface area contributed by atoms with Crippen molar-refractivity contribution in [3.8, 4) is 11.6 Å². The van der Waals surface area contributed by atoms with Gasteiger partial charge in [-0.3, -0.25) is 20.2 Å². The molecule has 10 nitrogen and oxygen atoms in total. The SMILES string of the molecule is Nc1cc(Oc2ccc([N+](=O)[O-])cn2)ccc1F.O=[N+]([O-])c1ccc(Cl)nc1. The van der Waals surface area contributed by atoms with E-state index in [0.717, 1.165) is 18.5 Å². The van der Waals surface area contributed by atoms with Crippen LogP contribution >= 0.6 is 11.6 Å². The van der Waals surface area contributed by atoms with Crippen molar-refractivity contribution in [3.05, 3.63) is 86.1 Å². The fourth-order valence-corrected chi connectivity index (χ4v) is 1.83. The molecule has 0 aliphatic heterocycles. The highest BCUT2D eigenvalue weighted by Gasteiger charge is 2.07. The Bertz CT molecular complexity index is 986. The highest BCUT2D eigenvalue weighted by Crippen LogP contribution is 2.24. The summed E-state index contributed by atoms with van der Waals surface area (Å²) >= 11 is 5.38. The van der Waals surface area contributed by atoms with E-state index in [1.54, 1.807) is 0 Å². The number of benzene rings is 1. The Morgan fingerprint density at radius 1 is 0.964 bits per heavy atom. The summed E-state index contributed by atoms with van der Waals surface area (Å²) in [5.74, 6) is -0.0825. The third kappa shape index (κ3) is 5.85. The molecule has 0 bridgehead atoms. The number of halogens is 2. The number of nitrogens with two attached hydrogens (primary N) is 1. The zero-order valence-corrected chi connectivity index (χ0v) is 14.6. The van der Waals surface area contributed by atoms with E-state index < -0.39 is 15.7 Å². The zero-order chi connectivity index (χ0) is 20.7. The molecule has 3 aromatic rings. The van der Waals surface area contributed by atoms with E-state index in [2.05, 4.69) is 9.97 Å². The third-order valence-electron chi connectivity index (χ3n) is 3.04. The molecule has 1 aromatic carbocycles. The molecule has 0 radical (unpaired) electrons. The van der Waals surface area contributed by atoms with Gasteiger partial charge in [0.25, 0.3) is 11.4 Å². The van der Waals surface area contributed by atoms with Gasteiger partial charge in [-0.05, 0) is 18.2 Å². The van der Waals surface area contributed by atoms with Gasteiger partial charge < -0.3 is 10.5 Å². The van der Waals surface area contributed by atoms with Crippen molar-refractivity contribution in [1.82, 2.24) is 9.97 Å². The topological polar surface area (TPSA) is 147 Å². The van der Waals surface area contributed by atoms with E-state index in [0.29, 0.717) is 5.75 Å². The smallest absolute Gasteiger partial charge is 0.287 e. The predicted molar refractivity (Wildman–Crippen MR) is 97.7 cm³/mol. The molecule has 12 heteroatoms. The van der Waals surface area contributed by atoms with Crippen molar-refractivity contribution in [1.29, 1.82) is 0 Å². The summed E-state index contributed by atoms with van der Waals surface area (Å²) in [6.07, 6.45) is 2.19. The van der Waals surface area contributed by atoms with Crippen LogP contribution in [0.4, 0.5) is 21.5 Å². The zero-order valence-electron chi connectivity index (χ0n) is 13.9. The Morgan fingerprint density at radius 3 is 2.04 bits per heavy atom. The highest BCUT2D eigenvalue weighted by atomic mass is 35.5. The molecule has 0 saturated heterocycles. The van der Waals surface area contributed by atoms with Crippen molar-refractivity contribution in [2.75, 3.05) is 5.73 Å². The number of nitrogen functional groups attached to an aromatic ring is 1. The number of hydrogen-bond acceptors (Lipinski definition) is 8. The maximum Gasteiger partial charge on any atom is 0.287 e. The van der Waals surface area contributed by atoms with Gasteiger partial charge in [-0.1, -0.05) is 11.6 Å². The van der Waals surface area contributed by atoms with Crippen LogP contribution in [0, 0.1) is 26.0 Å². The Hall–Kier alpha value is -3.86. The Kier molecular flexibility index (Phi) is 6.71. The van der Waals surface area contributed by atoms with E-state index >= 15 is 0 Å². The lowest BCUT2D eigenvalue weighted by atomic mass is 10.3. The third-order valence-corrected chi connectivity index (χ3v) is 3.27. The number of rotatable bonds is 4. The number of aromatic nitrogens is 2. The lowest BCUT2D eigenvalue weighted by Gasteiger charge is -2.05. The first-order chi connectivity index (χ1) is 13.3. The minimum absolute atomic E-state index is 0.0468. The molecule has 2 N–H and O–H groups in total. The maximum absolute atomic E-state index is 12.9. The van der Waals surface area contributed by atoms with Gasteiger partial charge in [-0.25, -0.2) is 14.4 Å². The normalized spacial score (nSPS) is 9.79. The second-order valence-electron chi connectivity index (χ2n) is 4.99. The maximum atomic E-state index is 12.9. The molecule has 2 aromatic heterocycles.